The van der Waals surface area contributed by atoms with Gasteiger partial charge in [0.1, 0.15) is 11.5 Å². The zero-order valence-corrected chi connectivity index (χ0v) is 20.3. The summed E-state index contributed by atoms with van der Waals surface area (Å²) in [6, 6.07) is 7.50. The Hall–Kier alpha value is -3.42. The molecule has 13 heteroatoms. The van der Waals surface area contributed by atoms with Gasteiger partial charge in [-0.1, -0.05) is 30.3 Å². The fraction of sp³-hybridized carbons (Fsp3) is 0.458. The van der Waals surface area contributed by atoms with Gasteiger partial charge in [-0.3, -0.25) is 14.4 Å². The van der Waals surface area contributed by atoms with E-state index in [0.29, 0.717) is 12.5 Å². The average molecular weight is 524 g/mol. The Balaban J connectivity index is 2.13. The number of ketones is 1. The Morgan fingerprint density at radius 1 is 1.03 bits per heavy atom. The van der Waals surface area contributed by atoms with Crippen LogP contribution in [-0.2, 0) is 33.4 Å². The van der Waals surface area contributed by atoms with Crippen molar-refractivity contribution in [2.24, 2.45) is 17.2 Å². The largest absolute Gasteiger partial charge is 0.433 e. The number of carbonyl (C=O) groups excluding carboxylic acids is 3. The van der Waals surface area contributed by atoms with Crippen LogP contribution >= 0.6 is 0 Å². The Morgan fingerprint density at radius 2 is 1.68 bits per heavy atom. The molecule has 2 rings (SSSR count). The molecule has 202 valence electrons. The van der Waals surface area contributed by atoms with Crippen molar-refractivity contribution in [3.63, 3.8) is 0 Å². The smallest absolute Gasteiger partial charge is 0.345 e. The maximum atomic E-state index is 13.0. The first-order chi connectivity index (χ1) is 17.5. The molecule has 0 aliphatic rings. The van der Waals surface area contributed by atoms with E-state index >= 15 is 0 Å². The molecule has 7 N–H and O–H groups in total. The van der Waals surface area contributed by atoms with Crippen molar-refractivity contribution in [2.45, 2.75) is 43.9 Å². The van der Waals surface area contributed by atoms with Crippen molar-refractivity contribution in [3.8, 4) is 0 Å². The van der Waals surface area contributed by atoms with Crippen molar-refractivity contribution >= 4 is 17.6 Å². The molecule has 0 spiro atoms. The van der Waals surface area contributed by atoms with E-state index in [1.165, 1.54) is 4.90 Å². The molecule has 37 heavy (non-hydrogen) atoms. The number of aromatic nitrogens is 2. The van der Waals surface area contributed by atoms with Gasteiger partial charge in [0.05, 0.1) is 24.9 Å². The Kier molecular flexibility index (Phi) is 11.6. The molecular weight excluding hydrogens is 491 g/mol. The van der Waals surface area contributed by atoms with Crippen LogP contribution in [0.25, 0.3) is 0 Å². The predicted molar refractivity (Wildman–Crippen MR) is 130 cm³/mol. The van der Waals surface area contributed by atoms with Gasteiger partial charge in [-0.2, -0.15) is 13.2 Å². The molecule has 2 atom stereocenters. The summed E-state index contributed by atoms with van der Waals surface area (Å²) in [4.78, 5) is 46.9. The number of amides is 2. The number of hydrogen-bond donors (Lipinski definition) is 4. The van der Waals surface area contributed by atoms with Gasteiger partial charge in [-0.25, -0.2) is 9.97 Å². The molecule has 10 nitrogen and oxygen atoms in total. The minimum Gasteiger partial charge on any atom is -0.345 e. The number of nitrogens with one attached hydrogen (secondary N) is 1. The standard InChI is InChI=1S/C24H32F3N7O3/c25-24(26,27)20-8-11-31-21(33-20)15-19(35)18(7-6-16-4-2-1-3-5-16)32-23(37)17(30)14-22(36)34(12-9-28)13-10-29/h1-5,8,11,17-18H,6-7,9-10,12-15,28-30H2,(H,32,37)/t17-,18-/m0/s1. The third-order valence-electron chi connectivity index (χ3n) is 5.48. The number of nitrogens with two attached hydrogens (primary N) is 3. The Labute approximate surface area is 212 Å². The van der Waals surface area contributed by atoms with Crippen LogP contribution in [0.2, 0.25) is 0 Å². The molecule has 0 radical (unpaired) electrons. The lowest BCUT2D eigenvalue weighted by Gasteiger charge is -2.24. The number of aryl methyl sites for hydroxylation is 1. The second-order valence-electron chi connectivity index (χ2n) is 8.35. The highest BCUT2D eigenvalue weighted by molar-refractivity contribution is 5.93. The van der Waals surface area contributed by atoms with Crippen LogP contribution in [0.3, 0.4) is 0 Å². The van der Waals surface area contributed by atoms with Crippen LogP contribution < -0.4 is 22.5 Å². The van der Waals surface area contributed by atoms with Gasteiger partial charge in [0.15, 0.2) is 5.78 Å². The fourth-order valence-corrected chi connectivity index (χ4v) is 3.55. The summed E-state index contributed by atoms with van der Waals surface area (Å²) in [7, 11) is 0. The van der Waals surface area contributed by atoms with E-state index in [9.17, 15) is 27.6 Å². The van der Waals surface area contributed by atoms with E-state index in [0.717, 1.165) is 11.8 Å². The zero-order chi connectivity index (χ0) is 27.4. The summed E-state index contributed by atoms with van der Waals surface area (Å²) in [6.45, 7) is 0.917. The van der Waals surface area contributed by atoms with E-state index in [-0.39, 0.29) is 44.8 Å². The summed E-state index contributed by atoms with van der Waals surface area (Å²) < 4.78 is 39.0. The molecule has 2 amide bonds. The number of rotatable bonds is 14. The number of carbonyl (C=O) groups is 3. The highest BCUT2D eigenvalue weighted by Crippen LogP contribution is 2.27. The molecule has 0 bridgehead atoms. The van der Waals surface area contributed by atoms with Gasteiger partial charge in [-0.05, 0) is 24.5 Å². The summed E-state index contributed by atoms with van der Waals surface area (Å²) >= 11 is 0. The van der Waals surface area contributed by atoms with Gasteiger partial charge >= 0.3 is 6.18 Å². The van der Waals surface area contributed by atoms with Gasteiger partial charge in [0.2, 0.25) is 11.8 Å². The molecular formula is C24H32F3N7O3. The van der Waals surface area contributed by atoms with Gasteiger partial charge in [0.25, 0.3) is 0 Å². The lowest BCUT2D eigenvalue weighted by atomic mass is 9.99. The maximum Gasteiger partial charge on any atom is 0.433 e. The van der Waals surface area contributed by atoms with E-state index < -0.39 is 48.0 Å². The van der Waals surface area contributed by atoms with Crippen molar-refractivity contribution < 1.29 is 27.6 Å². The Morgan fingerprint density at radius 3 is 2.27 bits per heavy atom. The van der Waals surface area contributed by atoms with Crippen molar-refractivity contribution in [1.29, 1.82) is 0 Å². The average Bonchev–Trinajstić information content (AvgIpc) is 2.86. The van der Waals surface area contributed by atoms with Crippen LogP contribution in [0.5, 0.6) is 0 Å². The number of nitrogens with zero attached hydrogens (tertiary/aromatic N) is 3. The SMILES string of the molecule is NCCN(CCN)C(=O)C[C@H](N)C(=O)N[C@@H](CCc1ccccc1)C(=O)Cc1nccc(C(F)(F)F)n1. The highest BCUT2D eigenvalue weighted by atomic mass is 19.4. The van der Waals surface area contributed by atoms with E-state index in [2.05, 4.69) is 15.3 Å². The molecule has 0 saturated carbocycles. The van der Waals surface area contributed by atoms with Gasteiger partial charge in [-0.15, -0.1) is 0 Å². The molecule has 0 fully saturated rings. The Bertz CT molecular complexity index is 1030. The van der Waals surface area contributed by atoms with Gasteiger partial charge < -0.3 is 27.4 Å². The van der Waals surface area contributed by atoms with Crippen molar-refractivity contribution in [2.75, 3.05) is 26.2 Å². The van der Waals surface area contributed by atoms with Crippen molar-refractivity contribution in [3.05, 3.63) is 59.7 Å². The topological polar surface area (TPSA) is 170 Å². The summed E-state index contributed by atoms with van der Waals surface area (Å²) in [5.41, 5.74) is 16.7. The van der Waals surface area contributed by atoms with E-state index in [1.54, 1.807) is 0 Å². The lowest BCUT2D eigenvalue weighted by molar-refractivity contribution is -0.141. The second-order valence-corrected chi connectivity index (χ2v) is 8.35. The van der Waals surface area contributed by atoms with Crippen LogP contribution in [0.1, 0.15) is 29.9 Å². The summed E-state index contributed by atoms with van der Waals surface area (Å²) in [5.74, 6) is -2.07. The summed E-state index contributed by atoms with van der Waals surface area (Å²) in [6.07, 6.45) is -4.08. The van der Waals surface area contributed by atoms with E-state index in [4.69, 9.17) is 17.2 Å². The zero-order valence-electron chi connectivity index (χ0n) is 20.3. The molecule has 2 aromatic rings. The fourth-order valence-electron chi connectivity index (χ4n) is 3.55. The third-order valence-corrected chi connectivity index (χ3v) is 5.48. The van der Waals surface area contributed by atoms with Crippen LogP contribution in [0.15, 0.2) is 42.6 Å². The number of hydrogen-bond acceptors (Lipinski definition) is 8. The second kappa shape index (κ2) is 14.4. The lowest BCUT2D eigenvalue weighted by Crippen LogP contribution is -2.51. The molecule has 1 aromatic heterocycles. The van der Waals surface area contributed by atoms with E-state index in [1.807, 2.05) is 30.3 Å². The molecule has 0 saturated heterocycles. The molecule has 0 aliphatic carbocycles. The van der Waals surface area contributed by atoms with Crippen LogP contribution in [0.4, 0.5) is 13.2 Å². The number of Topliss-reactive ketones (excluding diaryl/α,β-unsaturated/α-hetero) is 1. The predicted octanol–water partition coefficient (Wildman–Crippen LogP) is 0.188. The quantitative estimate of drug-likeness (QED) is 0.272. The van der Waals surface area contributed by atoms with Crippen molar-refractivity contribution in [1.82, 2.24) is 20.2 Å². The number of alkyl halides is 3. The third kappa shape index (κ3) is 9.86. The molecule has 0 unspecified atom stereocenters. The molecule has 0 aliphatic heterocycles. The molecule has 1 aromatic carbocycles. The number of benzene rings is 1. The highest BCUT2D eigenvalue weighted by Gasteiger charge is 2.33. The summed E-state index contributed by atoms with van der Waals surface area (Å²) in [5, 5.41) is 2.55. The molecule has 1 heterocycles. The van der Waals surface area contributed by atoms with Gasteiger partial charge in [0, 0.05) is 32.4 Å². The minimum absolute atomic E-state index is 0.153. The maximum absolute atomic E-state index is 13.0. The first-order valence-electron chi connectivity index (χ1n) is 11.7. The minimum atomic E-state index is -4.69. The number of halogens is 3. The monoisotopic (exact) mass is 523 g/mol. The van der Waals surface area contributed by atoms with Crippen LogP contribution in [-0.4, -0.2) is 70.7 Å². The first kappa shape index (κ1) is 29.8. The first-order valence-corrected chi connectivity index (χ1v) is 11.7. The normalized spacial score (nSPS) is 13.0. The van der Waals surface area contributed by atoms with Crippen LogP contribution in [0, 0.1) is 0 Å².